The smallest absolute Gasteiger partial charge is 0.142 e. The predicted molar refractivity (Wildman–Crippen MR) is 66.4 cm³/mol. The second-order valence-electron chi connectivity index (χ2n) is 3.61. The second-order valence-corrected chi connectivity index (χ2v) is 4.71. The first kappa shape index (κ1) is 11.2. The minimum Gasteiger partial charge on any atom is -0.261 e. The average Bonchev–Trinajstić information content (AvgIpc) is 2.33. The van der Waals surface area contributed by atoms with Crippen LogP contribution in [0.25, 0.3) is 0 Å². The molecule has 0 saturated carbocycles. The van der Waals surface area contributed by atoms with Gasteiger partial charge < -0.3 is 0 Å². The van der Waals surface area contributed by atoms with Crippen LogP contribution in [-0.2, 0) is 6.42 Å². The maximum absolute atomic E-state index is 4.36. The standard InChI is InChI=1S/C12H12BrN3/c1-9-3-4-10(16-8-9)7-11(13)12-14-5-2-6-15-12/h2-6,8,11H,7H2,1H3. The van der Waals surface area contributed by atoms with E-state index in [1.165, 1.54) is 5.56 Å². The first-order valence-electron chi connectivity index (χ1n) is 5.08. The van der Waals surface area contributed by atoms with Crippen LogP contribution in [0.4, 0.5) is 0 Å². The normalized spacial score (nSPS) is 12.4. The first-order chi connectivity index (χ1) is 7.75. The maximum Gasteiger partial charge on any atom is 0.142 e. The van der Waals surface area contributed by atoms with Gasteiger partial charge in [-0.2, -0.15) is 0 Å². The fraction of sp³-hybridized carbons (Fsp3) is 0.250. The van der Waals surface area contributed by atoms with Crippen LogP contribution in [-0.4, -0.2) is 15.0 Å². The highest BCUT2D eigenvalue weighted by Crippen LogP contribution is 2.22. The van der Waals surface area contributed by atoms with Gasteiger partial charge in [0.15, 0.2) is 0 Å². The van der Waals surface area contributed by atoms with Gasteiger partial charge in [0.1, 0.15) is 5.82 Å². The van der Waals surface area contributed by atoms with Crippen molar-refractivity contribution in [2.45, 2.75) is 18.2 Å². The van der Waals surface area contributed by atoms with Crippen molar-refractivity contribution in [3.8, 4) is 0 Å². The molecule has 1 atom stereocenters. The lowest BCUT2D eigenvalue weighted by Gasteiger charge is -2.07. The quantitative estimate of drug-likeness (QED) is 0.810. The number of rotatable bonds is 3. The molecule has 0 spiro atoms. The molecule has 16 heavy (non-hydrogen) atoms. The lowest BCUT2D eigenvalue weighted by molar-refractivity contribution is 0.826. The van der Waals surface area contributed by atoms with E-state index in [0.29, 0.717) is 0 Å². The van der Waals surface area contributed by atoms with E-state index < -0.39 is 0 Å². The fourth-order valence-electron chi connectivity index (χ4n) is 1.37. The summed E-state index contributed by atoms with van der Waals surface area (Å²) in [6.07, 6.45) is 6.17. The summed E-state index contributed by atoms with van der Waals surface area (Å²) < 4.78 is 0. The monoisotopic (exact) mass is 277 g/mol. The van der Waals surface area contributed by atoms with Crippen LogP contribution in [0.1, 0.15) is 21.9 Å². The highest BCUT2D eigenvalue weighted by molar-refractivity contribution is 9.09. The number of alkyl halides is 1. The van der Waals surface area contributed by atoms with Crippen LogP contribution in [0.2, 0.25) is 0 Å². The van der Waals surface area contributed by atoms with Gasteiger partial charge in [-0.25, -0.2) is 9.97 Å². The Morgan fingerprint density at radius 2 is 1.94 bits per heavy atom. The third-order valence-electron chi connectivity index (χ3n) is 2.23. The Balaban J connectivity index is 2.08. The summed E-state index contributed by atoms with van der Waals surface area (Å²) >= 11 is 3.58. The number of hydrogen-bond donors (Lipinski definition) is 0. The van der Waals surface area contributed by atoms with Crippen LogP contribution in [0.3, 0.4) is 0 Å². The van der Waals surface area contributed by atoms with Crippen molar-refractivity contribution in [2.75, 3.05) is 0 Å². The summed E-state index contributed by atoms with van der Waals surface area (Å²) in [6.45, 7) is 2.03. The Morgan fingerprint density at radius 3 is 2.56 bits per heavy atom. The number of pyridine rings is 1. The Kier molecular flexibility index (Phi) is 3.62. The molecule has 1 unspecified atom stereocenters. The van der Waals surface area contributed by atoms with Crippen LogP contribution in [0, 0.1) is 6.92 Å². The van der Waals surface area contributed by atoms with Crippen LogP contribution < -0.4 is 0 Å². The predicted octanol–water partition coefficient (Wildman–Crippen LogP) is 2.86. The summed E-state index contributed by atoms with van der Waals surface area (Å²) in [5, 5.41) is 0. The molecular formula is C12H12BrN3. The molecule has 0 aromatic carbocycles. The van der Waals surface area contributed by atoms with Gasteiger partial charge in [-0.3, -0.25) is 4.98 Å². The van der Waals surface area contributed by atoms with Crippen molar-refractivity contribution in [1.29, 1.82) is 0 Å². The molecule has 0 aliphatic heterocycles. The molecule has 4 heteroatoms. The van der Waals surface area contributed by atoms with Crippen molar-refractivity contribution < 1.29 is 0 Å². The lowest BCUT2D eigenvalue weighted by Crippen LogP contribution is -2.02. The zero-order valence-electron chi connectivity index (χ0n) is 8.97. The van der Waals surface area contributed by atoms with E-state index in [-0.39, 0.29) is 4.83 Å². The molecule has 0 saturated heterocycles. The molecule has 2 aromatic rings. The van der Waals surface area contributed by atoms with Crippen molar-refractivity contribution in [3.63, 3.8) is 0 Å². The van der Waals surface area contributed by atoms with E-state index in [2.05, 4.69) is 36.9 Å². The number of aryl methyl sites for hydroxylation is 1. The third-order valence-corrected chi connectivity index (χ3v) is 2.96. The molecule has 2 rings (SSSR count). The number of aromatic nitrogens is 3. The fourth-order valence-corrected chi connectivity index (χ4v) is 1.93. The number of hydrogen-bond acceptors (Lipinski definition) is 3. The second kappa shape index (κ2) is 5.16. The minimum absolute atomic E-state index is 0.115. The lowest BCUT2D eigenvalue weighted by atomic mass is 10.2. The summed E-state index contributed by atoms with van der Waals surface area (Å²) in [4.78, 5) is 12.9. The molecule has 2 aromatic heterocycles. The Morgan fingerprint density at radius 1 is 1.19 bits per heavy atom. The van der Waals surface area contributed by atoms with Crippen LogP contribution >= 0.6 is 15.9 Å². The van der Waals surface area contributed by atoms with Gasteiger partial charge in [0, 0.05) is 30.7 Å². The Bertz CT molecular complexity index is 442. The molecule has 0 aliphatic carbocycles. The zero-order chi connectivity index (χ0) is 11.4. The molecule has 0 aliphatic rings. The van der Waals surface area contributed by atoms with Gasteiger partial charge in [0.25, 0.3) is 0 Å². The summed E-state index contributed by atoms with van der Waals surface area (Å²) in [5.74, 6) is 0.796. The van der Waals surface area contributed by atoms with Crippen molar-refractivity contribution >= 4 is 15.9 Å². The van der Waals surface area contributed by atoms with E-state index in [0.717, 1.165) is 17.9 Å². The largest absolute Gasteiger partial charge is 0.261 e. The average molecular weight is 278 g/mol. The van der Waals surface area contributed by atoms with E-state index in [1.807, 2.05) is 25.3 Å². The molecule has 82 valence electrons. The van der Waals surface area contributed by atoms with Crippen molar-refractivity contribution in [3.05, 3.63) is 53.9 Å². The number of nitrogens with zero attached hydrogens (tertiary/aromatic N) is 3. The van der Waals surface area contributed by atoms with Crippen LogP contribution in [0.5, 0.6) is 0 Å². The van der Waals surface area contributed by atoms with Crippen molar-refractivity contribution in [2.24, 2.45) is 0 Å². The summed E-state index contributed by atoms with van der Waals surface area (Å²) in [6, 6.07) is 5.91. The van der Waals surface area contributed by atoms with Crippen LogP contribution in [0.15, 0.2) is 36.8 Å². The van der Waals surface area contributed by atoms with E-state index in [4.69, 9.17) is 0 Å². The topological polar surface area (TPSA) is 38.7 Å². The first-order valence-corrected chi connectivity index (χ1v) is 6.00. The van der Waals surface area contributed by atoms with Crippen molar-refractivity contribution in [1.82, 2.24) is 15.0 Å². The van der Waals surface area contributed by atoms with Gasteiger partial charge in [0.2, 0.25) is 0 Å². The molecule has 0 fully saturated rings. The highest BCUT2D eigenvalue weighted by atomic mass is 79.9. The van der Waals surface area contributed by atoms with Gasteiger partial charge in [-0.05, 0) is 24.6 Å². The molecule has 0 bridgehead atoms. The minimum atomic E-state index is 0.115. The summed E-state index contributed by atoms with van der Waals surface area (Å²) in [7, 11) is 0. The summed E-state index contributed by atoms with van der Waals surface area (Å²) in [5.41, 5.74) is 2.21. The van der Waals surface area contributed by atoms with Gasteiger partial charge >= 0.3 is 0 Å². The molecule has 0 amide bonds. The molecular weight excluding hydrogens is 266 g/mol. The number of halogens is 1. The zero-order valence-corrected chi connectivity index (χ0v) is 10.6. The maximum atomic E-state index is 4.36. The van der Waals surface area contributed by atoms with Gasteiger partial charge in [-0.15, -0.1) is 0 Å². The SMILES string of the molecule is Cc1ccc(CC(Br)c2ncccn2)nc1. The van der Waals surface area contributed by atoms with E-state index >= 15 is 0 Å². The molecule has 2 heterocycles. The highest BCUT2D eigenvalue weighted by Gasteiger charge is 2.11. The Labute approximate surface area is 103 Å². The Hall–Kier alpha value is -1.29. The van der Waals surface area contributed by atoms with E-state index in [9.17, 15) is 0 Å². The van der Waals surface area contributed by atoms with Gasteiger partial charge in [-0.1, -0.05) is 22.0 Å². The van der Waals surface area contributed by atoms with Gasteiger partial charge in [0.05, 0.1) is 4.83 Å². The third kappa shape index (κ3) is 2.85. The molecule has 3 nitrogen and oxygen atoms in total. The molecule has 0 N–H and O–H groups in total. The molecule has 0 radical (unpaired) electrons. The van der Waals surface area contributed by atoms with E-state index in [1.54, 1.807) is 12.4 Å².